The Balaban J connectivity index is 0.554. The number of nitrogens with one attached hydrogen (secondary N) is 2. The number of aromatic nitrogens is 4. The quantitative estimate of drug-likeness (QED) is 0.0101. The van der Waals surface area contributed by atoms with Crippen LogP contribution >= 0.6 is 11.3 Å². The number of aliphatic carboxylic acids is 1. The maximum Gasteiger partial charge on any atom is 0.410 e. The molecule has 3 aliphatic heterocycles. The number of carboxylic acids is 2. The molecule has 4 aromatic carbocycles. The van der Waals surface area contributed by atoms with Crippen LogP contribution in [-0.2, 0) is 135 Å². The Morgan fingerprint density at radius 3 is 1.85 bits per heavy atom. The van der Waals surface area contributed by atoms with Crippen molar-refractivity contribution in [1.82, 2.24) is 34.9 Å². The summed E-state index contributed by atoms with van der Waals surface area (Å²) in [5, 5.41) is 64.8. The summed E-state index contributed by atoms with van der Waals surface area (Å²) in [5.41, 5.74) is 4.94. The molecule has 3 bridgehead atoms. The van der Waals surface area contributed by atoms with Crippen LogP contribution in [0.25, 0.3) is 21.3 Å². The molecule has 6 heterocycles. The largest absolute Gasteiger partial charge is 0.491 e. The molecule has 2 unspecified atom stereocenters. The van der Waals surface area contributed by atoms with Crippen LogP contribution < -0.4 is 25.0 Å². The van der Waals surface area contributed by atoms with Gasteiger partial charge in [-0.1, -0.05) is 73.7 Å². The number of carbonyl (C=O) groups excluding carboxylic acids is 5. The van der Waals surface area contributed by atoms with Crippen LogP contribution in [-0.4, -0.2) is 343 Å². The standard InChI is InChI=1S/C100H133N9O31S2/c1-67-60-98(66-108-69(3)77(62-102-108)75-21-22-83(104-86(75)93(117)118)107-31-25-72-11-9-12-76(78(72)63-107)91(115)105-96-103-79-13-5-6-14-82(79)141-96)61-68(2)100(67)28-26-99(65-98,27-29-100)138-34-32-106(33-57-142(122,123)124)97(121)137-64-73-18-15-70(59-81(73)139-95-89(114)87(112)88(113)90(140-95)94(119)120)10-7-8-30-101-92(116)80(109-84(110)23-24-85(109)111)58-71-16-19-74(20-17-71)136-56-55-135-54-53-134-52-51-133-50-49-132-48-47-131-46-45-130-44-43-129-42-41-128-40-39-127-38-37-126-36-35-125-4/h5-6,9,11-24,59,62,67-68,80,87-90,95,112-114H,7-8,10,25-58,60-61,63-66H2,1-4H3,(H,101,116)(H,117,118)(H,119,120)(H,103,105,115)(H,122,123,124)/t67?,68?,80-,87-,88-,89+,90-,95+,98?,99?,100?/m0/s1. The average Bonchev–Trinajstić information content (AvgIpc) is 0.849. The number of aromatic carboxylic acids is 1. The number of amides is 5. The van der Waals surface area contributed by atoms with Crippen molar-refractivity contribution in [3.05, 3.63) is 160 Å². The monoisotopic (exact) mass is 2020 g/mol. The number of ether oxygens (including phenoxy) is 16. The Bertz CT molecular complexity index is 5380. The lowest BCUT2D eigenvalue weighted by molar-refractivity contribution is -0.271. The van der Waals surface area contributed by atoms with Crippen molar-refractivity contribution >= 4 is 84.3 Å². The van der Waals surface area contributed by atoms with Crippen LogP contribution in [0.15, 0.2) is 115 Å². The number of fused-ring (bicyclic) bond motifs is 2. The Morgan fingerprint density at radius 1 is 0.655 bits per heavy atom. The van der Waals surface area contributed by atoms with E-state index in [9.17, 15) is 72.1 Å². The third-order valence-electron chi connectivity index (χ3n) is 27.0. The summed E-state index contributed by atoms with van der Waals surface area (Å²) in [6, 6.07) is 27.2. The highest BCUT2D eigenvalue weighted by Crippen LogP contribution is 2.67. The van der Waals surface area contributed by atoms with Crippen molar-refractivity contribution in [2.45, 2.75) is 160 Å². The molecule has 40 nitrogen and oxygen atoms in total. The summed E-state index contributed by atoms with van der Waals surface area (Å²) in [6.07, 6.45) is -0.101. The number of carbonyl (C=O) groups is 7. The highest BCUT2D eigenvalue weighted by Gasteiger charge is 2.61. The molecule has 16 rings (SSSR count). The normalized spacial score (nSPS) is 21.7. The number of imide groups is 1. The molecule has 776 valence electrons. The summed E-state index contributed by atoms with van der Waals surface area (Å²) < 4.78 is 128. The van der Waals surface area contributed by atoms with Gasteiger partial charge in [0.25, 0.3) is 27.8 Å². The van der Waals surface area contributed by atoms with Crippen molar-refractivity contribution in [3.8, 4) is 22.6 Å². The zero-order valence-electron chi connectivity index (χ0n) is 80.8. The number of nitrogens with zero attached hydrogens (tertiary/aromatic N) is 7. The molecule has 1 spiro atoms. The van der Waals surface area contributed by atoms with Crippen LogP contribution in [0.3, 0.4) is 0 Å². The van der Waals surface area contributed by atoms with Crippen molar-refractivity contribution in [1.29, 1.82) is 0 Å². The first-order valence-corrected chi connectivity index (χ1v) is 50.9. The lowest BCUT2D eigenvalue weighted by Crippen LogP contribution is -2.61. The van der Waals surface area contributed by atoms with Crippen molar-refractivity contribution < 1.29 is 148 Å². The van der Waals surface area contributed by atoms with Crippen LogP contribution in [0, 0.1) is 29.6 Å². The van der Waals surface area contributed by atoms with Crippen molar-refractivity contribution in [3.63, 3.8) is 0 Å². The Labute approximate surface area is 829 Å². The minimum absolute atomic E-state index is 0.0137. The topological polar surface area (TPSA) is 500 Å². The predicted molar refractivity (Wildman–Crippen MR) is 516 cm³/mol. The summed E-state index contributed by atoms with van der Waals surface area (Å²) in [4.78, 5) is 108. The summed E-state index contributed by atoms with van der Waals surface area (Å²) in [5.74, 6) is -4.45. The van der Waals surface area contributed by atoms with Gasteiger partial charge >= 0.3 is 18.0 Å². The van der Waals surface area contributed by atoms with Crippen molar-refractivity contribution in [2.75, 3.05) is 201 Å². The van der Waals surface area contributed by atoms with Gasteiger partial charge in [0, 0.05) is 92.9 Å². The van der Waals surface area contributed by atoms with E-state index in [4.69, 9.17) is 85.9 Å². The number of para-hydroxylation sites is 1. The first-order chi connectivity index (χ1) is 68.6. The molecule has 0 radical (unpaired) electrons. The number of anilines is 2. The Morgan fingerprint density at radius 2 is 1.25 bits per heavy atom. The summed E-state index contributed by atoms with van der Waals surface area (Å²) in [7, 11) is -3.02. The molecule has 5 amide bonds. The summed E-state index contributed by atoms with van der Waals surface area (Å²) in [6.45, 7) is 16.1. The lowest BCUT2D eigenvalue weighted by Gasteiger charge is -2.64. The van der Waals surface area contributed by atoms with E-state index in [1.54, 1.807) is 55.8 Å². The zero-order chi connectivity index (χ0) is 101. The van der Waals surface area contributed by atoms with Gasteiger partial charge in [-0.3, -0.25) is 38.6 Å². The fourth-order valence-corrected chi connectivity index (χ4v) is 21.0. The van der Waals surface area contributed by atoms with Crippen molar-refractivity contribution in [2.24, 2.45) is 22.7 Å². The number of hydrogen-bond donors (Lipinski definition) is 8. The highest BCUT2D eigenvalue weighted by molar-refractivity contribution is 7.85. The fourth-order valence-electron chi connectivity index (χ4n) is 19.7. The van der Waals surface area contributed by atoms with Crippen LogP contribution in [0.1, 0.15) is 126 Å². The molecule has 7 fully saturated rings. The number of benzene rings is 4. The second kappa shape index (κ2) is 53.6. The van der Waals surface area contributed by atoms with E-state index in [0.29, 0.717) is 253 Å². The predicted octanol–water partition coefficient (Wildman–Crippen LogP) is 8.11. The Hall–Kier alpha value is -10.2. The number of aryl methyl sites for hydroxylation is 1. The molecular weight excluding hydrogens is 1890 g/mol. The van der Waals surface area contributed by atoms with E-state index in [1.807, 2.05) is 59.0 Å². The number of rotatable bonds is 62. The Kier molecular flexibility index (Phi) is 41.2. The van der Waals surface area contributed by atoms with Crippen LogP contribution in [0.2, 0.25) is 0 Å². The van der Waals surface area contributed by atoms with Gasteiger partial charge in [-0.2, -0.15) is 13.5 Å². The molecule has 42 heteroatoms. The van der Waals surface area contributed by atoms with E-state index in [1.165, 1.54) is 23.5 Å². The smallest absolute Gasteiger partial charge is 0.410 e. The molecule has 9 aliphatic rings. The SMILES string of the molecule is COCCOCCOCCOCCOCCOCCOCCOCCOCCOCCOCCOc1ccc(C[C@@H](C(=O)NCCCCc2ccc(COC(=O)N(CCOC34CCC5(CC3)C(C)CC(Cn3ncc(-c6ccc(N7CCc8cccc(C(=O)Nc9nc%10ccccc%10s9)c8C7)nc6C(=O)O)c3C)(CC5C)C4)CCS(=O)(=O)O)c(O[C@@H]3O[C@H](C(=O)O)[C@@H](O)[C@H](O)[C@H]3O)c2)N2C(=O)C=CC2=O)cc1. The maximum absolute atomic E-state index is 14.5. The molecule has 6 aliphatic carbocycles. The van der Waals surface area contributed by atoms with Gasteiger partial charge in [0.1, 0.15) is 54.9 Å². The van der Waals surface area contributed by atoms with E-state index in [2.05, 4.69) is 29.5 Å². The highest BCUT2D eigenvalue weighted by atomic mass is 32.2. The van der Waals surface area contributed by atoms with Crippen LogP contribution in [0.5, 0.6) is 11.5 Å². The number of pyridine rings is 1. The fraction of sp³-hybridized carbons (Fsp3) is 0.580. The van der Waals surface area contributed by atoms with E-state index < -0.39 is 107 Å². The molecular formula is C100H133N9O31S2. The third-order valence-corrected chi connectivity index (χ3v) is 28.7. The zero-order valence-corrected chi connectivity index (χ0v) is 82.5. The lowest BCUT2D eigenvalue weighted by atomic mass is 9.43. The molecule has 1 saturated heterocycles. The van der Waals surface area contributed by atoms with Crippen LogP contribution in [0.4, 0.5) is 15.7 Å². The average molecular weight is 2020 g/mol. The molecule has 8 atom stereocenters. The van der Waals surface area contributed by atoms with Gasteiger partial charge in [-0.25, -0.2) is 24.4 Å². The van der Waals surface area contributed by atoms with Gasteiger partial charge in [0.15, 0.2) is 16.9 Å². The molecule has 8 N–H and O–H groups in total. The first kappa shape index (κ1) is 109. The number of carboxylic acid groups (broad SMARTS) is 2. The number of aliphatic hydroxyl groups excluding tert-OH is 3. The molecule has 3 aromatic heterocycles. The third kappa shape index (κ3) is 30.5. The van der Waals surface area contributed by atoms with Gasteiger partial charge in [0.2, 0.25) is 12.2 Å². The number of unbranched alkanes of at least 4 members (excludes halogenated alkanes) is 1. The minimum Gasteiger partial charge on any atom is -0.491 e. The van der Waals surface area contributed by atoms with Gasteiger partial charge < -0.3 is 116 Å². The summed E-state index contributed by atoms with van der Waals surface area (Å²) >= 11 is 1.39. The second-order valence-corrected chi connectivity index (χ2v) is 39.1. The van der Waals surface area contributed by atoms with E-state index >= 15 is 0 Å². The van der Waals surface area contributed by atoms with E-state index in [0.717, 1.165) is 74.7 Å². The number of methoxy groups -OCH3 is 1. The number of thiazole rings is 1. The van der Waals surface area contributed by atoms with Gasteiger partial charge in [0.05, 0.1) is 173 Å². The molecule has 7 aromatic rings. The first-order valence-electron chi connectivity index (χ1n) is 48.4. The molecule has 142 heavy (non-hydrogen) atoms. The second-order valence-electron chi connectivity index (χ2n) is 36.5. The van der Waals surface area contributed by atoms with E-state index in [-0.39, 0.29) is 73.1 Å². The number of hydrogen-bond acceptors (Lipinski definition) is 33. The van der Waals surface area contributed by atoms with Gasteiger partial charge in [-0.05, 0) is 171 Å². The maximum atomic E-state index is 14.5. The number of aliphatic hydroxyl groups is 3. The minimum atomic E-state index is -4.65. The van der Waals surface area contributed by atoms with Gasteiger partial charge in [-0.15, -0.1) is 0 Å². The molecule has 6 saturated carbocycles.